The molecule has 27 heavy (non-hydrogen) atoms. The molecule has 1 atom stereocenters. The Hall–Kier alpha value is -2.80. The molecule has 0 bridgehead atoms. The molecule has 140 valence electrons. The number of carbonyl (C=O) groups excluding carboxylic acids is 1. The first-order chi connectivity index (χ1) is 13.1. The van der Waals surface area contributed by atoms with Gasteiger partial charge < -0.3 is 9.47 Å². The number of hydrogen-bond acceptors (Lipinski definition) is 6. The van der Waals surface area contributed by atoms with E-state index in [1.807, 2.05) is 38.1 Å². The molecule has 0 aliphatic heterocycles. The van der Waals surface area contributed by atoms with E-state index in [1.54, 1.807) is 31.4 Å². The van der Waals surface area contributed by atoms with E-state index in [4.69, 9.17) is 9.47 Å². The molecular weight excluding hydrogens is 362 g/mol. The van der Waals surface area contributed by atoms with E-state index >= 15 is 0 Å². The number of ether oxygens (including phenoxy) is 2. The lowest BCUT2D eigenvalue weighted by Crippen LogP contribution is -2.13. The Morgan fingerprint density at radius 2 is 1.93 bits per heavy atom. The predicted molar refractivity (Wildman–Crippen MR) is 105 cm³/mol. The first-order valence-electron chi connectivity index (χ1n) is 8.51. The van der Waals surface area contributed by atoms with Crippen molar-refractivity contribution < 1.29 is 14.3 Å². The zero-order chi connectivity index (χ0) is 19.2. The van der Waals surface area contributed by atoms with Crippen molar-refractivity contribution in [3.8, 4) is 11.5 Å². The Morgan fingerprint density at radius 3 is 2.63 bits per heavy atom. The molecule has 3 aromatic rings. The first kappa shape index (κ1) is 19.0. The summed E-state index contributed by atoms with van der Waals surface area (Å²) in [7, 11) is 1.60. The van der Waals surface area contributed by atoms with Crippen LogP contribution in [-0.4, -0.2) is 33.3 Å². The van der Waals surface area contributed by atoms with Crippen LogP contribution < -0.4 is 9.47 Å². The smallest absolute Gasteiger partial charge is 0.209 e. The van der Waals surface area contributed by atoms with Crippen molar-refractivity contribution in [3.63, 3.8) is 0 Å². The Bertz CT molecular complexity index is 909. The van der Waals surface area contributed by atoms with Crippen LogP contribution in [0.1, 0.15) is 28.7 Å². The van der Waals surface area contributed by atoms with Crippen LogP contribution in [0.15, 0.2) is 53.7 Å². The normalized spacial score (nSPS) is 11.8. The molecule has 6 nitrogen and oxygen atoms in total. The average molecular weight is 383 g/mol. The molecule has 0 saturated heterocycles. The summed E-state index contributed by atoms with van der Waals surface area (Å²) >= 11 is 1.31. The summed E-state index contributed by atoms with van der Waals surface area (Å²) in [4.78, 5) is 16.9. The zero-order valence-electron chi connectivity index (χ0n) is 15.4. The second-order valence-electron chi connectivity index (χ2n) is 5.97. The number of para-hydroxylation sites is 1. The highest BCUT2D eigenvalue weighted by Gasteiger charge is 2.19. The molecule has 0 aliphatic carbocycles. The van der Waals surface area contributed by atoms with Crippen LogP contribution in [0.3, 0.4) is 0 Å². The van der Waals surface area contributed by atoms with Crippen LogP contribution in [0.25, 0.3) is 0 Å². The third-order valence-electron chi connectivity index (χ3n) is 4.00. The van der Waals surface area contributed by atoms with Crippen molar-refractivity contribution in [1.82, 2.24) is 15.2 Å². The number of nitrogens with one attached hydrogen (secondary N) is 1. The van der Waals surface area contributed by atoms with Crippen molar-refractivity contribution in [2.24, 2.45) is 0 Å². The Kier molecular flexibility index (Phi) is 6.13. The van der Waals surface area contributed by atoms with Crippen LogP contribution in [0.5, 0.6) is 11.5 Å². The summed E-state index contributed by atoms with van der Waals surface area (Å²) in [6.45, 7) is 4.12. The van der Waals surface area contributed by atoms with Crippen LogP contribution in [0, 0.1) is 6.92 Å². The lowest BCUT2D eigenvalue weighted by atomic mass is 10.1. The molecule has 2 aromatic carbocycles. The lowest BCUT2D eigenvalue weighted by Gasteiger charge is -2.08. The van der Waals surface area contributed by atoms with Crippen molar-refractivity contribution >= 4 is 17.5 Å². The fourth-order valence-corrected chi connectivity index (χ4v) is 3.28. The van der Waals surface area contributed by atoms with Crippen molar-refractivity contribution in [1.29, 1.82) is 0 Å². The summed E-state index contributed by atoms with van der Waals surface area (Å²) in [5.74, 6) is 2.17. The topological polar surface area (TPSA) is 77.1 Å². The van der Waals surface area contributed by atoms with E-state index in [-0.39, 0.29) is 11.0 Å². The SMILES string of the molecule is COc1ccc(C(=O)[C@@H](C)Sc2n[nH]c(COc3ccccc3C)n2)cc1. The number of thioether (sulfide) groups is 1. The fourth-order valence-electron chi connectivity index (χ4n) is 2.46. The molecule has 0 radical (unpaired) electrons. The number of hydrogen-bond donors (Lipinski definition) is 1. The van der Waals surface area contributed by atoms with Gasteiger partial charge in [-0.1, -0.05) is 30.0 Å². The van der Waals surface area contributed by atoms with Crippen molar-refractivity contribution in [2.45, 2.75) is 30.9 Å². The number of benzene rings is 2. The summed E-state index contributed by atoms with van der Waals surface area (Å²) in [6, 6.07) is 14.9. The van der Waals surface area contributed by atoms with Gasteiger partial charge in [0, 0.05) is 5.56 Å². The van der Waals surface area contributed by atoms with E-state index in [0.29, 0.717) is 23.2 Å². The van der Waals surface area contributed by atoms with Gasteiger partial charge in [-0.05, 0) is 49.7 Å². The third-order valence-corrected chi connectivity index (χ3v) is 4.96. The highest BCUT2D eigenvalue weighted by Crippen LogP contribution is 2.24. The number of aromatic nitrogens is 3. The number of rotatable bonds is 8. The Labute approximate surface area is 162 Å². The van der Waals surface area contributed by atoms with Gasteiger partial charge in [-0.25, -0.2) is 4.98 Å². The zero-order valence-corrected chi connectivity index (χ0v) is 16.2. The second-order valence-corrected chi connectivity index (χ2v) is 7.28. The summed E-state index contributed by atoms with van der Waals surface area (Å²) in [6.07, 6.45) is 0. The van der Waals surface area contributed by atoms with Gasteiger partial charge in [0.2, 0.25) is 5.16 Å². The molecule has 1 aromatic heterocycles. The minimum atomic E-state index is -0.306. The summed E-state index contributed by atoms with van der Waals surface area (Å²) < 4.78 is 10.9. The van der Waals surface area contributed by atoms with Gasteiger partial charge in [0.15, 0.2) is 11.6 Å². The van der Waals surface area contributed by atoms with Gasteiger partial charge in [-0.3, -0.25) is 9.89 Å². The number of Topliss-reactive ketones (excluding diaryl/α,β-unsaturated/α-hetero) is 1. The lowest BCUT2D eigenvalue weighted by molar-refractivity contribution is 0.0994. The van der Waals surface area contributed by atoms with Crippen LogP contribution in [0.4, 0.5) is 0 Å². The fraction of sp³-hybridized carbons (Fsp3) is 0.250. The average Bonchev–Trinajstić information content (AvgIpc) is 3.14. The second kappa shape index (κ2) is 8.73. The van der Waals surface area contributed by atoms with Crippen molar-refractivity contribution in [2.75, 3.05) is 7.11 Å². The summed E-state index contributed by atoms with van der Waals surface area (Å²) in [5, 5.41) is 7.24. The maximum absolute atomic E-state index is 12.6. The maximum atomic E-state index is 12.6. The molecule has 3 rings (SSSR count). The number of carbonyl (C=O) groups is 1. The minimum Gasteiger partial charge on any atom is -0.497 e. The molecule has 0 amide bonds. The van der Waals surface area contributed by atoms with E-state index in [9.17, 15) is 4.79 Å². The first-order valence-corrected chi connectivity index (χ1v) is 9.39. The van der Waals surface area contributed by atoms with Gasteiger partial charge in [0.05, 0.1) is 12.4 Å². The molecular formula is C20H21N3O3S. The van der Waals surface area contributed by atoms with Gasteiger partial charge in [-0.15, -0.1) is 5.10 Å². The van der Waals surface area contributed by atoms with Crippen molar-refractivity contribution in [3.05, 3.63) is 65.5 Å². The monoisotopic (exact) mass is 383 g/mol. The molecule has 0 aliphatic rings. The molecule has 1 heterocycles. The number of nitrogens with zero attached hydrogens (tertiary/aromatic N) is 2. The minimum absolute atomic E-state index is 0.0187. The molecule has 0 saturated carbocycles. The molecule has 0 fully saturated rings. The standard InChI is InChI=1S/C20H21N3O3S/c1-13-6-4-5-7-17(13)26-12-18-21-20(23-22-18)27-14(2)19(24)15-8-10-16(25-3)11-9-15/h4-11,14H,12H2,1-3H3,(H,21,22,23)/t14-/m1/s1. The molecule has 0 spiro atoms. The molecule has 0 unspecified atom stereocenters. The van der Waals surface area contributed by atoms with E-state index in [1.165, 1.54) is 11.8 Å². The largest absolute Gasteiger partial charge is 0.497 e. The maximum Gasteiger partial charge on any atom is 0.209 e. The van der Waals surface area contributed by atoms with Gasteiger partial charge >= 0.3 is 0 Å². The third kappa shape index (κ3) is 4.89. The van der Waals surface area contributed by atoms with Gasteiger partial charge in [0.25, 0.3) is 0 Å². The van der Waals surface area contributed by atoms with E-state index < -0.39 is 0 Å². The van der Waals surface area contributed by atoms with E-state index in [2.05, 4.69) is 15.2 Å². The number of H-pyrrole nitrogens is 1. The van der Waals surface area contributed by atoms with Crippen LogP contribution >= 0.6 is 11.8 Å². The van der Waals surface area contributed by atoms with Crippen LogP contribution in [-0.2, 0) is 6.61 Å². The van der Waals surface area contributed by atoms with E-state index in [0.717, 1.165) is 17.1 Å². The molecule has 7 heteroatoms. The Morgan fingerprint density at radius 1 is 1.19 bits per heavy atom. The predicted octanol–water partition coefficient (Wildman–Crippen LogP) is 4.06. The molecule has 1 N–H and O–H groups in total. The highest BCUT2D eigenvalue weighted by atomic mass is 32.2. The van der Waals surface area contributed by atoms with Gasteiger partial charge in [0.1, 0.15) is 18.1 Å². The number of aryl methyl sites for hydroxylation is 1. The quantitative estimate of drug-likeness (QED) is 0.467. The summed E-state index contributed by atoms with van der Waals surface area (Å²) in [5.41, 5.74) is 1.69. The highest BCUT2D eigenvalue weighted by molar-refractivity contribution is 8.00. The van der Waals surface area contributed by atoms with Crippen LogP contribution in [0.2, 0.25) is 0 Å². The number of aromatic amines is 1. The Balaban J connectivity index is 1.57. The van der Waals surface area contributed by atoms with Gasteiger partial charge in [-0.2, -0.15) is 0 Å². The number of methoxy groups -OCH3 is 1. The number of ketones is 1.